The van der Waals surface area contributed by atoms with Gasteiger partial charge in [0.1, 0.15) is 5.75 Å². The van der Waals surface area contributed by atoms with E-state index in [-0.39, 0.29) is 21.7 Å². The summed E-state index contributed by atoms with van der Waals surface area (Å²) in [6, 6.07) is 21.1. The largest absolute Gasteiger partial charge is 0.424 e. The number of amides is 1. The van der Waals surface area contributed by atoms with E-state index in [4.69, 9.17) is 4.74 Å². The van der Waals surface area contributed by atoms with Crippen LogP contribution in [0.3, 0.4) is 0 Å². The first-order valence-electron chi connectivity index (χ1n) is 9.68. The summed E-state index contributed by atoms with van der Waals surface area (Å²) in [6.07, 6.45) is 1.54. The highest BCUT2D eigenvalue weighted by atomic mass is 32.1. The lowest BCUT2D eigenvalue weighted by Crippen LogP contribution is -2.12. The molecule has 33 heavy (non-hydrogen) atoms. The third kappa shape index (κ3) is 4.12. The Balaban J connectivity index is 1.57. The molecule has 5 aromatic rings. The number of hydrogen-bond donors (Lipinski definition) is 1. The number of nitrogens with zero attached hydrogens (tertiary/aromatic N) is 5. The molecule has 1 N–H and O–H groups in total. The van der Waals surface area contributed by atoms with Crippen LogP contribution in [0, 0.1) is 10.1 Å². The fourth-order valence-electron chi connectivity index (χ4n) is 3.10. The zero-order valence-corrected chi connectivity index (χ0v) is 17.6. The number of thiophene rings is 1. The Morgan fingerprint density at radius 2 is 1.73 bits per heavy atom. The lowest BCUT2D eigenvalue weighted by Gasteiger charge is -2.09. The fourth-order valence-corrected chi connectivity index (χ4v) is 3.81. The zero-order valence-electron chi connectivity index (χ0n) is 16.8. The molecule has 162 valence electrons. The second-order valence-electron chi connectivity index (χ2n) is 6.75. The molecular formula is C22H14N6O4S. The van der Waals surface area contributed by atoms with E-state index in [2.05, 4.69) is 20.4 Å². The Morgan fingerprint density at radius 1 is 1.00 bits per heavy atom. The molecule has 5 rings (SSSR count). The van der Waals surface area contributed by atoms with Gasteiger partial charge in [-0.3, -0.25) is 14.9 Å². The van der Waals surface area contributed by atoms with E-state index in [1.165, 1.54) is 12.1 Å². The van der Waals surface area contributed by atoms with Gasteiger partial charge in [-0.1, -0.05) is 47.7 Å². The number of fused-ring (bicyclic) bond motifs is 1. The smallest absolute Gasteiger partial charge is 0.326 e. The highest BCUT2D eigenvalue weighted by Gasteiger charge is 2.20. The lowest BCUT2D eigenvalue weighted by atomic mass is 10.3. The molecule has 1 amide bonds. The predicted octanol–water partition coefficient (Wildman–Crippen LogP) is 4.83. The number of anilines is 1. The average Bonchev–Trinajstić information content (AvgIpc) is 3.48. The van der Waals surface area contributed by atoms with Crippen molar-refractivity contribution in [3.8, 4) is 17.4 Å². The first-order valence-corrected chi connectivity index (χ1v) is 10.5. The van der Waals surface area contributed by atoms with Crippen LogP contribution in [0.2, 0.25) is 0 Å². The van der Waals surface area contributed by atoms with Crippen molar-refractivity contribution in [2.75, 3.05) is 5.32 Å². The van der Waals surface area contributed by atoms with E-state index in [1.54, 1.807) is 23.0 Å². The third-order valence-corrected chi connectivity index (χ3v) is 5.62. The van der Waals surface area contributed by atoms with Crippen molar-refractivity contribution in [3.05, 3.63) is 94.0 Å². The maximum Gasteiger partial charge on any atom is 0.326 e. The van der Waals surface area contributed by atoms with Gasteiger partial charge >= 0.3 is 11.0 Å². The van der Waals surface area contributed by atoms with Gasteiger partial charge < -0.3 is 10.1 Å². The van der Waals surface area contributed by atoms with Gasteiger partial charge in [-0.15, -0.1) is 0 Å². The van der Waals surface area contributed by atoms with E-state index in [0.717, 1.165) is 17.0 Å². The van der Waals surface area contributed by atoms with Crippen molar-refractivity contribution in [1.29, 1.82) is 0 Å². The molecule has 0 aliphatic heterocycles. The summed E-state index contributed by atoms with van der Waals surface area (Å²) in [5.74, 6) is 0.161. The van der Waals surface area contributed by atoms with Gasteiger partial charge in [-0.25, -0.2) is 4.68 Å². The number of aromatic nitrogens is 4. The quantitative estimate of drug-likeness (QED) is 0.285. The topological polar surface area (TPSA) is 125 Å². The van der Waals surface area contributed by atoms with Crippen LogP contribution in [-0.4, -0.2) is 30.6 Å². The summed E-state index contributed by atoms with van der Waals surface area (Å²) >= 11 is 0.776. The molecule has 0 atom stereocenters. The van der Waals surface area contributed by atoms with E-state index >= 15 is 0 Å². The Labute approximate surface area is 190 Å². The van der Waals surface area contributed by atoms with Crippen LogP contribution in [0.5, 0.6) is 11.8 Å². The van der Waals surface area contributed by atoms with Gasteiger partial charge in [-0.05, 0) is 30.3 Å². The number of nitro groups is 1. The van der Waals surface area contributed by atoms with Crippen LogP contribution in [-0.2, 0) is 0 Å². The molecule has 0 spiro atoms. The maximum absolute atomic E-state index is 12.8. The van der Waals surface area contributed by atoms with Gasteiger partial charge in [-0.2, -0.15) is 15.1 Å². The van der Waals surface area contributed by atoms with Crippen LogP contribution < -0.4 is 10.1 Å². The average molecular weight is 458 g/mol. The van der Waals surface area contributed by atoms with Crippen molar-refractivity contribution < 1.29 is 14.5 Å². The van der Waals surface area contributed by atoms with Gasteiger partial charge in [0.05, 0.1) is 27.1 Å². The molecule has 0 bridgehead atoms. The zero-order chi connectivity index (χ0) is 22.8. The van der Waals surface area contributed by atoms with E-state index < -0.39 is 10.8 Å². The Morgan fingerprint density at radius 3 is 2.42 bits per heavy atom. The number of nitrogens with one attached hydrogen (secondary N) is 1. The predicted molar refractivity (Wildman–Crippen MR) is 122 cm³/mol. The monoisotopic (exact) mass is 458 g/mol. The standard InChI is InChI=1S/C22H14N6O4S/c29-21(17-11-12-18(33-17)28(30)31)24-19-16-13-23-27(14-7-3-1-4-8-14)20(16)26-22(25-19)32-15-9-5-2-6-10-15/h1-13H,(H,24,25,26,29). The van der Waals surface area contributed by atoms with Crippen molar-refractivity contribution in [2.24, 2.45) is 0 Å². The normalized spacial score (nSPS) is 10.8. The van der Waals surface area contributed by atoms with Gasteiger partial charge in [0, 0.05) is 6.07 Å². The molecular weight excluding hydrogens is 444 g/mol. The number of rotatable bonds is 6. The van der Waals surface area contributed by atoms with Gasteiger partial charge in [0.2, 0.25) is 0 Å². The minimum atomic E-state index is -0.542. The molecule has 3 heterocycles. The summed E-state index contributed by atoms with van der Waals surface area (Å²) in [5.41, 5.74) is 1.19. The van der Waals surface area contributed by atoms with Crippen molar-refractivity contribution in [3.63, 3.8) is 0 Å². The highest BCUT2D eigenvalue weighted by Crippen LogP contribution is 2.29. The molecule has 0 fully saturated rings. The first-order chi connectivity index (χ1) is 16.1. The molecule has 0 unspecified atom stereocenters. The summed E-state index contributed by atoms with van der Waals surface area (Å²) in [4.78, 5) is 32.3. The van der Waals surface area contributed by atoms with Crippen LogP contribution in [0.25, 0.3) is 16.7 Å². The van der Waals surface area contributed by atoms with Crippen LogP contribution in [0.15, 0.2) is 79.0 Å². The minimum absolute atomic E-state index is 0.0128. The molecule has 2 aromatic carbocycles. The molecule has 0 aliphatic carbocycles. The van der Waals surface area contributed by atoms with Gasteiger partial charge in [0.15, 0.2) is 11.5 Å². The Kier molecular flexibility index (Phi) is 5.21. The Hall–Kier alpha value is -4.64. The minimum Gasteiger partial charge on any atom is -0.424 e. The molecule has 10 nitrogen and oxygen atoms in total. The number of hydrogen-bond acceptors (Lipinski definition) is 8. The molecule has 11 heteroatoms. The maximum atomic E-state index is 12.8. The highest BCUT2D eigenvalue weighted by molar-refractivity contribution is 7.17. The van der Waals surface area contributed by atoms with Crippen LogP contribution in [0.4, 0.5) is 10.8 Å². The number of carbonyl (C=O) groups is 1. The summed E-state index contributed by atoms with van der Waals surface area (Å²) in [6.45, 7) is 0. The van der Waals surface area contributed by atoms with Gasteiger partial charge in [0.25, 0.3) is 5.91 Å². The fraction of sp³-hybridized carbons (Fsp3) is 0. The summed E-state index contributed by atoms with van der Waals surface area (Å²) in [5, 5.41) is 18.4. The van der Waals surface area contributed by atoms with Crippen LogP contribution in [0.1, 0.15) is 9.67 Å². The molecule has 0 aliphatic rings. The number of benzene rings is 2. The SMILES string of the molecule is O=C(Nc1nc(Oc2ccccc2)nc2c1cnn2-c1ccccc1)c1ccc([N+](=O)[O-])s1. The second kappa shape index (κ2) is 8.48. The molecule has 0 saturated carbocycles. The lowest BCUT2D eigenvalue weighted by molar-refractivity contribution is -0.380. The number of para-hydroxylation sites is 2. The van der Waals surface area contributed by atoms with Crippen molar-refractivity contribution >= 4 is 39.1 Å². The van der Waals surface area contributed by atoms with Crippen molar-refractivity contribution in [1.82, 2.24) is 19.7 Å². The van der Waals surface area contributed by atoms with Crippen molar-refractivity contribution in [2.45, 2.75) is 0 Å². The third-order valence-electron chi connectivity index (χ3n) is 4.59. The van der Waals surface area contributed by atoms with E-state index in [1.807, 2.05) is 48.5 Å². The Bertz CT molecular complexity index is 1470. The van der Waals surface area contributed by atoms with E-state index in [0.29, 0.717) is 16.8 Å². The second-order valence-corrected chi connectivity index (χ2v) is 7.81. The first kappa shape index (κ1) is 20.3. The number of carbonyl (C=O) groups excluding carboxylic acids is 1. The molecule has 0 radical (unpaired) electrons. The van der Waals surface area contributed by atoms with E-state index in [9.17, 15) is 14.9 Å². The summed E-state index contributed by atoms with van der Waals surface area (Å²) in [7, 11) is 0. The van der Waals surface area contributed by atoms with Crippen LogP contribution >= 0.6 is 11.3 Å². The molecule has 3 aromatic heterocycles. The number of ether oxygens (including phenoxy) is 1. The summed E-state index contributed by atoms with van der Waals surface area (Å²) < 4.78 is 7.42. The molecule has 0 saturated heterocycles.